The maximum absolute atomic E-state index is 16.4. The number of anilines is 1. The Morgan fingerprint density at radius 3 is 2.40 bits per heavy atom. The molecule has 0 aromatic heterocycles. The molecule has 0 fully saturated rings. The van der Waals surface area contributed by atoms with Gasteiger partial charge in [0.2, 0.25) is 0 Å². The summed E-state index contributed by atoms with van der Waals surface area (Å²) >= 11 is 0. The van der Waals surface area contributed by atoms with Gasteiger partial charge in [-0.05, 0) is 58.6 Å². The van der Waals surface area contributed by atoms with E-state index in [0.29, 0.717) is 19.4 Å². The number of ether oxygens (including phenoxy) is 3. The zero-order valence-electron chi connectivity index (χ0n) is 26.1. The number of para-hydroxylation sites is 1. The minimum atomic E-state index is -0.833. The van der Waals surface area contributed by atoms with Crippen molar-refractivity contribution < 1.29 is 33.3 Å². The Labute approximate surface area is 249 Å². The number of halogens is 1. The standard InChI is InChI=1S/C33H47FN2O6/c1-9-11-18-40-30-27(31(38)41-25-15-13-12-14-16-25)23(5)28(34)26(29(30)35-32(39)42-33(6,7)8)20-36(17-10-2)24(21-37)19-22(3)4/h10,12-16,22,24,37H,2,9,11,17-21H2,1,3-8H3,(H,35,39)/t24-/m1/s1. The zero-order chi connectivity index (χ0) is 31.4. The Morgan fingerprint density at radius 1 is 1.19 bits per heavy atom. The molecule has 8 nitrogen and oxygen atoms in total. The van der Waals surface area contributed by atoms with Gasteiger partial charge in [0.1, 0.15) is 22.7 Å². The Hall–Kier alpha value is -3.43. The Kier molecular flexibility index (Phi) is 13.5. The van der Waals surface area contributed by atoms with Crippen LogP contribution in [0.3, 0.4) is 0 Å². The quantitative estimate of drug-likeness (QED) is 0.0980. The molecule has 0 bridgehead atoms. The maximum atomic E-state index is 16.4. The summed E-state index contributed by atoms with van der Waals surface area (Å²) in [6.07, 6.45) is 2.98. The van der Waals surface area contributed by atoms with Gasteiger partial charge in [-0.3, -0.25) is 10.2 Å². The molecule has 1 amide bonds. The number of esters is 1. The van der Waals surface area contributed by atoms with E-state index in [1.807, 2.05) is 25.7 Å². The number of hydrogen-bond donors (Lipinski definition) is 2. The number of carbonyl (C=O) groups excluding carboxylic acids is 2. The molecule has 0 radical (unpaired) electrons. The number of nitrogens with one attached hydrogen (secondary N) is 1. The monoisotopic (exact) mass is 586 g/mol. The van der Waals surface area contributed by atoms with E-state index < -0.39 is 23.5 Å². The minimum absolute atomic E-state index is 0.0000775. The van der Waals surface area contributed by atoms with Crippen molar-refractivity contribution in [3.05, 3.63) is 65.5 Å². The fourth-order valence-electron chi connectivity index (χ4n) is 4.51. The highest BCUT2D eigenvalue weighted by atomic mass is 19.1. The van der Waals surface area contributed by atoms with Gasteiger partial charge in [-0.2, -0.15) is 0 Å². The van der Waals surface area contributed by atoms with Crippen LogP contribution in [0.5, 0.6) is 11.5 Å². The molecule has 0 unspecified atom stereocenters. The van der Waals surface area contributed by atoms with Crippen molar-refractivity contribution >= 4 is 17.7 Å². The largest absolute Gasteiger partial charge is 0.490 e. The lowest BCUT2D eigenvalue weighted by atomic mass is 9.97. The molecule has 2 aromatic rings. The minimum Gasteiger partial charge on any atom is -0.490 e. The number of carbonyl (C=O) groups is 2. The molecule has 0 heterocycles. The third kappa shape index (κ3) is 10.1. The predicted octanol–water partition coefficient (Wildman–Crippen LogP) is 7.27. The van der Waals surface area contributed by atoms with E-state index in [1.54, 1.807) is 57.2 Å². The first-order chi connectivity index (χ1) is 19.8. The van der Waals surface area contributed by atoms with Crippen molar-refractivity contribution in [2.45, 2.75) is 85.9 Å². The molecule has 0 aliphatic rings. The molecule has 2 aromatic carbocycles. The van der Waals surface area contributed by atoms with E-state index in [2.05, 4.69) is 11.9 Å². The van der Waals surface area contributed by atoms with E-state index in [9.17, 15) is 14.7 Å². The van der Waals surface area contributed by atoms with Crippen molar-refractivity contribution in [1.82, 2.24) is 4.90 Å². The van der Waals surface area contributed by atoms with Gasteiger partial charge >= 0.3 is 12.1 Å². The average Bonchev–Trinajstić information content (AvgIpc) is 2.91. The van der Waals surface area contributed by atoms with Crippen LogP contribution in [0.25, 0.3) is 0 Å². The van der Waals surface area contributed by atoms with Crippen molar-refractivity contribution in [3.8, 4) is 11.5 Å². The van der Waals surface area contributed by atoms with Gasteiger partial charge in [-0.1, -0.05) is 51.5 Å². The van der Waals surface area contributed by atoms with E-state index in [1.165, 1.54) is 6.92 Å². The first-order valence-corrected chi connectivity index (χ1v) is 14.5. The molecule has 1 atom stereocenters. The molecule has 0 spiro atoms. The third-order valence-corrected chi connectivity index (χ3v) is 6.45. The molecular formula is C33H47FN2O6. The molecule has 2 rings (SSSR count). The van der Waals surface area contributed by atoms with E-state index >= 15 is 4.39 Å². The van der Waals surface area contributed by atoms with Crippen molar-refractivity contribution in [1.29, 1.82) is 0 Å². The molecule has 232 valence electrons. The van der Waals surface area contributed by atoms with Gasteiger partial charge in [0.05, 0.1) is 18.9 Å². The normalized spacial score (nSPS) is 12.3. The highest BCUT2D eigenvalue weighted by Crippen LogP contribution is 2.40. The Bertz CT molecular complexity index is 1190. The van der Waals surface area contributed by atoms with Gasteiger partial charge in [0.25, 0.3) is 0 Å². The van der Waals surface area contributed by atoms with E-state index in [4.69, 9.17) is 14.2 Å². The fourth-order valence-corrected chi connectivity index (χ4v) is 4.51. The molecule has 42 heavy (non-hydrogen) atoms. The number of hydrogen-bond acceptors (Lipinski definition) is 7. The number of amides is 1. The summed E-state index contributed by atoms with van der Waals surface area (Å²) in [5.74, 6) is -0.960. The summed E-state index contributed by atoms with van der Waals surface area (Å²) < 4.78 is 33.7. The third-order valence-electron chi connectivity index (χ3n) is 6.45. The summed E-state index contributed by atoms with van der Waals surface area (Å²) in [4.78, 5) is 28.5. The van der Waals surface area contributed by atoms with Gasteiger partial charge in [0.15, 0.2) is 5.75 Å². The number of benzene rings is 2. The van der Waals surface area contributed by atoms with Crippen molar-refractivity contribution in [2.75, 3.05) is 25.1 Å². The molecule has 2 N–H and O–H groups in total. The molecule has 9 heteroatoms. The lowest BCUT2D eigenvalue weighted by Crippen LogP contribution is -2.39. The van der Waals surface area contributed by atoms with Crippen LogP contribution >= 0.6 is 0 Å². The lowest BCUT2D eigenvalue weighted by molar-refractivity contribution is 0.0631. The second-order valence-electron chi connectivity index (χ2n) is 11.7. The summed E-state index contributed by atoms with van der Waals surface area (Å²) in [7, 11) is 0. The Balaban J connectivity index is 2.79. The lowest BCUT2D eigenvalue weighted by Gasteiger charge is -2.32. The van der Waals surface area contributed by atoms with Crippen LogP contribution in [0.2, 0.25) is 0 Å². The summed E-state index contributed by atoms with van der Waals surface area (Å²) in [5.41, 5.74) is -0.850. The number of aliphatic hydroxyl groups is 1. The van der Waals surface area contributed by atoms with Crippen LogP contribution in [0.4, 0.5) is 14.9 Å². The van der Waals surface area contributed by atoms with Gasteiger partial charge in [0, 0.05) is 30.3 Å². The van der Waals surface area contributed by atoms with Crippen molar-refractivity contribution in [2.24, 2.45) is 5.92 Å². The number of unbranched alkanes of at least 4 members (excludes halogenated alkanes) is 1. The number of rotatable bonds is 15. The number of nitrogens with zero attached hydrogens (tertiary/aromatic N) is 1. The predicted molar refractivity (Wildman–Crippen MR) is 164 cm³/mol. The molecule has 0 saturated heterocycles. The van der Waals surface area contributed by atoms with Gasteiger partial charge in [-0.25, -0.2) is 14.0 Å². The van der Waals surface area contributed by atoms with Crippen molar-refractivity contribution in [3.63, 3.8) is 0 Å². The Morgan fingerprint density at radius 2 is 1.86 bits per heavy atom. The fraction of sp³-hybridized carbons (Fsp3) is 0.515. The molecule has 0 aliphatic heterocycles. The van der Waals surface area contributed by atoms with Crippen LogP contribution < -0.4 is 14.8 Å². The van der Waals surface area contributed by atoms with Crippen LogP contribution in [0.1, 0.15) is 82.3 Å². The zero-order valence-corrected chi connectivity index (χ0v) is 26.1. The second-order valence-corrected chi connectivity index (χ2v) is 11.7. The van der Waals surface area contributed by atoms with E-state index in [-0.39, 0.29) is 65.6 Å². The smallest absolute Gasteiger partial charge is 0.412 e. The summed E-state index contributed by atoms with van der Waals surface area (Å²) in [6.45, 7) is 17.0. The van der Waals surface area contributed by atoms with Crippen LogP contribution in [-0.2, 0) is 11.3 Å². The summed E-state index contributed by atoms with van der Waals surface area (Å²) in [5, 5.41) is 12.9. The van der Waals surface area contributed by atoms with E-state index in [0.717, 1.165) is 6.42 Å². The molecular weight excluding hydrogens is 539 g/mol. The highest BCUT2D eigenvalue weighted by molar-refractivity contribution is 6.00. The van der Waals surface area contributed by atoms with Gasteiger partial charge in [-0.15, -0.1) is 6.58 Å². The van der Waals surface area contributed by atoms with Gasteiger partial charge < -0.3 is 19.3 Å². The summed E-state index contributed by atoms with van der Waals surface area (Å²) in [6, 6.07) is 8.16. The first kappa shape index (κ1) is 34.8. The number of aliphatic hydroxyl groups excluding tert-OH is 1. The topological polar surface area (TPSA) is 97.3 Å². The first-order valence-electron chi connectivity index (χ1n) is 14.5. The van der Waals surface area contributed by atoms with Crippen LogP contribution in [0, 0.1) is 18.7 Å². The molecule has 0 aliphatic carbocycles. The van der Waals surface area contributed by atoms with Crippen LogP contribution in [0.15, 0.2) is 43.0 Å². The SMILES string of the molecule is C=CCN(Cc1c(F)c(C)c(C(=O)Oc2ccccc2)c(OCCCC)c1NC(=O)OC(C)(C)C)[C@@H](CO)CC(C)C. The average molecular weight is 587 g/mol. The maximum Gasteiger partial charge on any atom is 0.412 e. The second kappa shape index (κ2) is 16.3. The van der Waals surface area contributed by atoms with Crippen LogP contribution in [-0.4, -0.2) is 53.5 Å². The molecule has 0 saturated carbocycles. The highest BCUT2D eigenvalue weighted by Gasteiger charge is 2.32.